The molecule has 0 aliphatic rings. The summed E-state index contributed by atoms with van der Waals surface area (Å²) in [6.07, 6.45) is 0.862. The highest BCUT2D eigenvalue weighted by molar-refractivity contribution is 6.07. The van der Waals surface area contributed by atoms with Crippen molar-refractivity contribution < 1.29 is 9.59 Å². The predicted octanol–water partition coefficient (Wildman–Crippen LogP) is 2.19. The zero-order valence-electron chi connectivity index (χ0n) is 13.1. The minimum absolute atomic E-state index is 0.176. The lowest BCUT2D eigenvalue weighted by Crippen LogP contribution is -2.45. The van der Waals surface area contributed by atoms with Gasteiger partial charge in [-0.25, -0.2) is 0 Å². The first-order valence-electron chi connectivity index (χ1n) is 7.48. The smallest absolute Gasteiger partial charge is 0.252 e. The molecule has 2 amide bonds. The van der Waals surface area contributed by atoms with Crippen LogP contribution in [0.3, 0.4) is 0 Å². The molecule has 2 N–H and O–H groups in total. The molecule has 0 saturated carbocycles. The van der Waals surface area contributed by atoms with Crippen LogP contribution < -0.4 is 10.6 Å². The Labute approximate surface area is 130 Å². The number of benzene rings is 1. The van der Waals surface area contributed by atoms with E-state index in [1.807, 2.05) is 38.1 Å². The molecule has 1 aromatic heterocycles. The largest absolute Gasteiger partial charge is 0.354 e. The van der Waals surface area contributed by atoms with Gasteiger partial charge in [0.15, 0.2) is 0 Å². The molecule has 0 aliphatic heterocycles. The molecule has 1 heterocycles. The van der Waals surface area contributed by atoms with Gasteiger partial charge >= 0.3 is 0 Å². The minimum Gasteiger partial charge on any atom is -0.354 e. The van der Waals surface area contributed by atoms with E-state index in [9.17, 15) is 9.59 Å². The van der Waals surface area contributed by atoms with Crippen LogP contribution >= 0.6 is 0 Å². The fourth-order valence-electron chi connectivity index (χ4n) is 2.24. The first-order valence-corrected chi connectivity index (χ1v) is 7.48. The molecule has 0 radical (unpaired) electrons. The lowest BCUT2D eigenvalue weighted by molar-refractivity contribution is -0.122. The topological polar surface area (TPSA) is 71.1 Å². The summed E-state index contributed by atoms with van der Waals surface area (Å²) >= 11 is 0. The summed E-state index contributed by atoms with van der Waals surface area (Å²) in [7, 11) is 0. The van der Waals surface area contributed by atoms with Crippen molar-refractivity contribution in [1.29, 1.82) is 0 Å². The fourth-order valence-corrected chi connectivity index (χ4v) is 2.24. The second-order valence-electron chi connectivity index (χ2n) is 5.31. The Bertz CT molecular complexity index is 697. The Kier molecular flexibility index (Phi) is 5.09. The van der Waals surface area contributed by atoms with E-state index in [4.69, 9.17) is 0 Å². The molecule has 0 spiro atoms. The van der Waals surface area contributed by atoms with Crippen LogP contribution in [0.5, 0.6) is 0 Å². The summed E-state index contributed by atoms with van der Waals surface area (Å²) in [5.41, 5.74) is 2.08. The molecule has 0 fully saturated rings. The van der Waals surface area contributed by atoms with E-state index < -0.39 is 6.04 Å². The number of amides is 2. The number of hydrogen-bond donors (Lipinski definition) is 2. The van der Waals surface area contributed by atoms with Gasteiger partial charge in [-0.15, -0.1) is 0 Å². The number of aromatic nitrogens is 1. The van der Waals surface area contributed by atoms with Gasteiger partial charge in [0.2, 0.25) is 5.91 Å². The molecule has 5 heteroatoms. The Morgan fingerprint density at radius 2 is 2.00 bits per heavy atom. The van der Waals surface area contributed by atoms with Crippen molar-refractivity contribution in [1.82, 2.24) is 15.6 Å². The maximum Gasteiger partial charge on any atom is 0.252 e. The summed E-state index contributed by atoms with van der Waals surface area (Å²) in [5, 5.41) is 6.30. The van der Waals surface area contributed by atoms with Crippen LogP contribution in [0, 0.1) is 6.92 Å². The molecule has 0 saturated heterocycles. The lowest BCUT2D eigenvalue weighted by atomic mass is 10.1. The zero-order valence-corrected chi connectivity index (χ0v) is 13.1. The molecule has 2 aromatic rings. The van der Waals surface area contributed by atoms with Gasteiger partial charge < -0.3 is 10.6 Å². The van der Waals surface area contributed by atoms with E-state index in [0.717, 1.165) is 23.0 Å². The lowest BCUT2D eigenvalue weighted by Gasteiger charge is -2.15. The van der Waals surface area contributed by atoms with E-state index in [0.29, 0.717) is 12.1 Å². The second-order valence-corrected chi connectivity index (χ2v) is 5.31. The van der Waals surface area contributed by atoms with Gasteiger partial charge in [0.25, 0.3) is 5.91 Å². The first kappa shape index (κ1) is 15.9. The summed E-state index contributed by atoms with van der Waals surface area (Å²) < 4.78 is 0. The number of nitrogens with zero attached hydrogens (tertiary/aromatic N) is 1. The van der Waals surface area contributed by atoms with Gasteiger partial charge in [0, 0.05) is 17.6 Å². The maximum absolute atomic E-state index is 12.5. The van der Waals surface area contributed by atoms with E-state index in [1.165, 1.54) is 0 Å². The van der Waals surface area contributed by atoms with Gasteiger partial charge in [-0.3, -0.25) is 14.6 Å². The SMILES string of the molecule is CCCNC(=O)C(C)NC(=O)c1cc(C)nc2ccccc12. The summed E-state index contributed by atoms with van der Waals surface area (Å²) in [4.78, 5) is 28.8. The highest BCUT2D eigenvalue weighted by Crippen LogP contribution is 2.18. The maximum atomic E-state index is 12.5. The van der Waals surface area contributed by atoms with Crippen LogP contribution in [0.2, 0.25) is 0 Å². The highest BCUT2D eigenvalue weighted by atomic mass is 16.2. The van der Waals surface area contributed by atoms with Crippen molar-refractivity contribution in [2.45, 2.75) is 33.2 Å². The molecular weight excluding hydrogens is 278 g/mol. The van der Waals surface area contributed by atoms with E-state index >= 15 is 0 Å². The normalized spacial score (nSPS) is 12.0. The molecular formula is C17H21N3O2. The number of aryl methyl sites for hydroxylation is 1. The average Bonchev–Trinajstić information content (AvgIpc) is 2.51. The van der Waals surface area contributed by atoms with Crippen molar-refractivity contribution in [2.75, 3.05) is 6.54 Å². The van der Waals surface area contributed by atoms with Crippen molar-refractivity contribution >= 4 is 22.7 Å². The van der Waals surface area contributed by atoms with Crippen LogP contribution in [0.4, 0.5) is 0 Å². The molecule has 1 aromatic carbocycles. The number of carbonyl (C=O) groups is 2. The second kappa shape index (κ2) is 7.02. The molecule has 22 heavy (non-hydrogen) atoms. The van der Waals surface area contributed by atoms with E-state index in [2.05, 4.69) is 15.6 Å². The van der Waals surface area contributed by atoms with E-state index in [1.54, 1.807) is 13.0 Å². The van der Waals surface area contributed by atoms with Crippen molar-refractivity contribution in [2.24, 2.45) is 0 Å². The van der Waals surface area contributed by atoms with Gasteiger partial charge in [-0.1, -0.05) is 25.1 Å². The quantitative estimate of drug-likeness (QED) is 0.889. The first-order chi connectivity index (χ1) is 10.5. The Morgan fingerprint density at radius 1 is 1.27 bits per heavy atom. The van der Waals surface area contributed by atoms with E-state index in [-0.39, 0.29) is 11.8 Å². The zero-order chi connectivity index (χ0) is 16.1. The number of pyridine rings is 1. The van der Waals surface area contributed by atoms with Crippen molar-refractivity contribution in [3.63, 3.8) is 0 Å². The van der Waals surface area contributed by atoms with Crippen LogP contribution in [-0.2, 0) is 4.79 Å². The number of fused-ring (bicyclic) bond motifs is 1. The van der Waals surface area contributed by atoms with Gasteiger partial charge in [0.05, 0.1) is 11.1 Å². The molecule has 1 atom stereocenters. The summed E-state index contributed by atoms with van der Waals surface area (Å²) in [6, 6.07) is 8.65. The van der Waals surface area contributed by atoms with Crippen LogP contribution in [0.1, 0.15) is 36.3 Å². The molecule has 1 unspecified atom stereocenters. The van der Waals surface area contributed by atoms with Gasteiger partial charge in [-0.05, 0) is 32.4 Å². The van der Waals surface area contributed by atoms with Crippen molar-refractivity contribution in [3.8, 4) is 0 Å². The van der Waals surface area contributed by atoms with Crippen molar-refractivity contribution in [3.05, 3.63) is 41.6 Å². The number of hydrogen-bond acceptors (Lipinski definition) is 3. The number of para-hydroxylation sites is 1. The van der Waals surface area contributed by atoms with Crippen LogP contribution in [-0.4, -0.2) is 29.4 Å². The Morgan fingerprint density at radius 3 is 2.73 bits per heavy atom. The molecule has 5 nitrogen and oxygen atoms in total. The van der Waals surface area contributed by atoms with Crippen LogP contribution in [0.25, 0.3) is 10.9 Å². The highest BCUT2D eigenvalue weighted by Gasteiger charge is 2.18. The molecule has 116 valence electrons. The third-order valence-corrected chi connectivity index (χ3v) is 3.38. The molecule has 0 bridgehead atoms. The average molecular weight is 299 g/mol. The molecule has 2 rings (SSSR count). The van der Waals surface area contributed by atoms with Gasteiger partial charge in [0.1, 0.15) is 6.04 Å². The standard InChI is InChI=1S/C17H21N3O2/c1-4-9-18-16(21)12(3)20-17(22)14-10-11(2)19-15-8-6-5-7-13(14)15/h5-8,10,12H,4,9H2,1-3H3,(H,18,21)(H,20,22). The summed E-state index contributed by atoms with van der Waals surface area (Å²) in [6.45, 7) is 6.12. The van der Waals surface area contributed by atoms with Crippen LogP contribution in [0.15, 0.2) is 30.3 Å². The monoisotopic (exact) mass is 299 g/mol. The number of nitrogens with one attached hydrogen (secondary N) is 2. The summed E-state index contributed by atoms with van der Waals surface area (Å²) in [5.74, 6) is -0.439. The predicted molar refractivity (Wildman–Crippen MR) is 86.7 cm³/mol. The third kappa shape index (κ3) is 3.61. The Hall–Kier alpha value is -2.43. The third-order valence-electron chi connectivity index (χ3n) is 3.38. The number of rotatable bonds is 5. The number of carbonyl (C=O) groups excluding carboxylic acids is 2. The van der Waals surface area contributed by atoms with Gasteiger partial charge in [-0.2, -0.15) is 0 Å². The fraction of sp³-hybridized carbons (Fsp3) is 0.353. The minimum atomic E-state index is -0.578. The Balaban J connectivity index is 2.21. The molecule has 0 aliphatic carbocycles.